The van der Waals surface area contributed by atoms with Gasteiger partial charge in [0.1, 0.15) is 0 Å². The molecule has 1 aromatic carbocycles. The number of para-hydroxylation sites is 1. The molecule has 1 aromatic rings. The van der Waals surface area contributed by atoms with E-state index in [1.54, 1.807) is 11.8 Å². The molecule has 1 amide bonds. The predicted octanol–water partition coefficient (Wildman–Crippen LogP) is 2.23. The van der Waals surface area contributed by atoms with Gasteiger partial charge in [0.2, 0.25) is 0 Å². The topological polar surface area (TPSA) is 68.7 Å². The molecule has 0 aromatic heterocycles. The number of hydrogen-bond donors (Lipinski definition) is 2. The summed E-state index contributed by atoms with van der Waals surface area (Å²) in [4.78, 5) is 15.2. The first kappa shape index (κ1) is 17.1. The molecular formula is C14H21ClN4O2. The van der Waals surface area contributed by atoms with Crippen LogP contribution in [0.1, 0.15) is 6.92 Å². The summed E-state index contributed by atoms with van der Waals surface area (Å²) >= 11 is 0. The van der Waals surface area contributed by atoms with Crippen LogP contribution in [0.2, 0.25) is 0 Å². The fraction of sp³-hybridized carbons (Fsp3) is 0.429. The van der Waals surface area contributed by atoms with E-state index in [9.17, 15) is 4.79 Å². The second-order valence-corrected chi connectivity index (χ2v) is 4.51. The first-order valence-electron chi connectivity index (χ1n) is 6.78. The van der Waals surface area contributed by atoms with Crippen molar-refractivity contribution in [1.82, 2.24) is 9.80 Å². The van der Waals surface area contributed by atoms with Gasteiger partial charge < -0.3 is 19.9 Å². The first-order valence-corrected chi connectivity index (χ1v) is 6.78. The minimum Gasteiger partial charge on any atom is -0.450 e. The highest BCUT2D eigenvalue weighted by Gasteiger charge is 2.23. The molecule has 21 heavy (non-hydrogen) atoms. The van der Waals surface area contributed by atoms with Crippen molar-refractivity contribution in [2.45, 2.75) is 6.92 Å². The van der Waals surface area contributed by atoms with Gasteiger partial charge in [0.15, 0.2) is 5.96 Å². The average molecular weight is 313 g/mol. The Labute approximate surface area is 131 Å². The standard InChI is InChI=1S/C14H20N4O2.ClH/c1-2-20-14(19)18-10-8-17(9-11-18)13(15)16-12-6-4-3-5-7-12;/h3-7H,2,8-11H2,1H3,(H2,15,16);1H. The Bertz CT molecular complexity index is 461. The molecule has 0 saturated carbocycles. The summed E-state index contributed by atoms with van der Waals surface area (Å²) in [7, 11) is 0. The first-order chi connectivity index (χ1) is 9.70. The lowest BCUT2D eigenvalue weighted by Gasteiger charge is -2.35. The fourth-order valence-electron chi connectivity index (χ4n) is 2.06. The molecular weight excluding hydrogens is 292 g/mol. The van der Waals surface area contributed by atoms with Crippen molar-refractivity contribution in [3.8, 4) is 0 Å². The molecule has 0 bridgehead atoms. The molecule has 1 saturated heterocycles. The van der Waals surface area contributed by atoms with Crippen molar-refractivity contribution in [1.29, 1.82) is 5.41 Å². The number of guanidine groups is 1. The van der Waals surface area contributed by atoms with Gasteiger partial charge in [0.05, 0.1) is 6.61 Å². The quantitative estimate of drug-likeness (QED) is 0.649. The van der Waals surface area contributed by atoms with Crippen LogP contribution in [0.15, 0.2) is 30.3 Å². The molecule has 1 heterocycles. The number of benzene rings is 1. The van der Waals surface area contributed by atoms with Crippen LogP contribution in [0.5, 0.6) is 0 Å². The molecule has 2 rings (SSSR count). The number of nitrogens with one attached hydrogen (secondary N) is 2. The number of carbonyl (C=O) groups excluding carboxylic acids is 1. The van der Waals surface area contributed by atoms with Crippen LogP contribution in [0.4, 0.5) is 10.5 Å². The molecule has 7 heteroatoms. The lowest BCUT2D eigenvalue weighted by molar-refractivity contribution is 0.0918. The summed E-state index contributed by atoms with van der Waals surface area (Å²) < 4.78 is 4.97. The van der Waals surface area contributed by atoms with Crippen molar-refractivity contribution in [3.05, 3.63) is 30.3 Å². The van der Waals surface area contributed by atoms with E-state index in [1.807, 2.05) is 35.2 Å². The SMILES string of the molecule is CCOC(=O)N1CCN(C(=N)Nc2ccccc2)CC1.Cl. The maximum atomic E-state index is 11.6. The van der Waals surface area contributed by atoms with Gasteiger partial charge in [-0.2, -0.15) is 0 Å². The van der Waals surface area contributed by atoms with Crippen LogP contribution in [-0.4, -0.2) is 54.6 Å². The van der Waals surface area contributed by atoms with Gasteiger partial charge in [0.25, 0.3) is 0 Å². The molecule has 2 N–H and O–H groups in total. The molecule has 0 aliphatic carbocycles. The number of hydrogen-bond acceptors (Lipinski definition) is 3. The molecule has 0 atom stereocenters. The zero-order valence-electron chi connectivity index (χ0n) is 12.0. The van der Waals surface area contributed by atoms with E-state index in [1.165, 1.54) is 0 Å². The molecule has 1 fully saturated rings. The van der Waals surface area contributed by atoms with Crippen LogP contribution in [0.25, 0.3) is 0 Å². The smallest absolute Gasteiger partial charge is 0.409 e. The summed E-state index contributed by atoms with van der Waals surface area (Å²) in [5.41, 5.74) is 0.894. The highest BCUT2D eigenvalue weighted by molar-refractivity contribution is 5.91. The van der Waals surface area contributed by atoms with Crippen molar-refractivity contribution in [3.63, 3.8) is 0 Å². The summed E-state index contributed by atoms with van der Waals surface area (Å²) in [6, 6.07) is 9.63. The Balaban J connectivity index is 0.00000220. The summed E-state index contributed by atoms with van der Waals surface area (Å²) in [6.45, 7) is 4.63. The number of nitrogens with zero attached hydrogens (tertiary/aromatic N) is 2. The maximum absolute atomic E-state index is 11.6. The van der Waals surface area contributed by atoms with E-state index in [0.29, 0.717) is 38.7 Å². The van der Waals surface area contributed by atoms with Gasteiger partial charge in [-0.1, -0.05) is 18.2 Å². The normalized spacial score (nSPS) is 14.1. The summed E-state index contributed by atoms with van der Waals surface area (Å²) in [6.07, 6.45) is -0.269. The summed E-state index contributed by atoms with van der Waals surface area (Å²) in [5.74, 6) is 0.361. The molecule has 0 radical (unpaired) electrons. The molecule has 0 spiro atoms. The number of ether oxygens (including phenoxy) is 1. The van der Waals surface area contributed by atoms with E-state index in [2.05, 4.69) is 5.32 Å². The summed E-state index contributed by atoms with van der Waals surface area (Å²) in [5, 5.41) is 11.1. The molecule has 116 valence electrons. The number of amides is 1. The van der Waals surface area contributed by atoms with Gasteiger partial charge in [-0.05, 0) is 19.1 Å². The van der Waals surface area contributed by atoms with Crippen LogP contribution in [-0.2, 0) is 4.74 Å². The van der Waals surface area contributed by atoms with E-state index < -0.39 is 0 Å². The third-order valence-corrected chi connectivity index (χ3v) is 3.16. The van der Waals surface area contributed by atoms with Crippen molar-refractivity contribution < 1.29 is 9.53 Å². The van der Waals surface area contributed by atoms with Crippen LogP contribution in [0.3, 0.4) is 0 Å². The zero-order chi connectivity index (χ0) is 14.4. The molecule has 1 aliphatic rings. The Morgan fingerprint density at radius 3 is 2.33 bits per heavy atom. The van der Waals surface area contributed by atoms with E-state index >= 15 is 0 Å². The zero-order valence-corrected chi connectivity index (χ0v) is 12.9. The van der Waals surface area contributed by atoms with Crippen LogP contribution >= 0.6 is 12.4 Å². The lowest BCUT2D eigenvalue weighted by atomic mass is 10.3. The van der Waals surface area contributed by atoms with Gasteiger partial charge in [-0.15, -0.1) is 12.4 Å². The Morgan fingerprint density at radius 2 is 1.76 bits per heavy atom. The second kappa shape index (κ2) is 8.36. The number of halogens is 1. The second-order valence-electron chi connectivity index (χ2n) is 4.51. The lowest BCUT2D eigenvalue weighted by Crippen LogP contribution is -2.52. The molecule has 1 aliphatic heterocycles. The van der Waals surface area contributed by atoms with Gasteiger partial charge in [0, 0.05) is 31.9 Å². The highest BCUT2D eigenvalue weighted by atomic mass is 35.5. The van der Waals surface area contributed by atoms with E-state index in [-0.39, 0.29) is 18.5 Å². The van der Waals surface area contributed by atoms with Gasteiger partial charge >= 0.3 is 6.09 Å². The molecule has 6 nitrogen and oxygen atoms in total. The van der Waals surface area contributed by atoms with E-state index in [0.717, 1.165) is 5.69 Å². The molecule has 0 unspecified atom stereocenters. The van der Waals surface area contributed by atoms with Crippen LogP contribution < -0.4 is 5.32 Å². The monoisotopic (exact) mass is 312 g/mol. The Morgan fingerprint density at radius 1 is 1.19 bits per heavy atom. The van der Waals surface area contributed by atoms with Crippen LogP contribution in [0, 0.1) is 5.41 Å². The Hall–Kier alpha value is -1.95. The number of anilines is 1. The Kier molecular flexibility index (Phi) is 6.81. The number of carbonyl (C=O) groups is 1. The number of piperazine rings is 1. The fourth-order valence-corrected chi connectivity index (χ4v) is 2.06. The van der Waals surface area contributed by atoms with Crippen molar-refractivity contribution >= 4 is 30.1 Å². The average Bonchev–Trinajstić information content (AvgIpc) is 2.48. The van der Waals surface area contributed by atoms with Crippen molar-refractivity contribution in [2.75, 3.05) is 38.1 Å². The maximum Gasteiger partial charge on any atom is 0.409 e. The third-order valence-electron chi connectivity index (χ3n) is 3.16. The predicted molar refractivity (Wildman–Crippen MR) is 85.2 cm³/mol. The van der Waals surface area contributed by atoms with E-state index in [4.69, 9.17) is 10.1 Å². The highest BCUT2D eigenvalue weighted by Crippen LogP contribution is 2.08. The number of rotatable bonds is 2. The van der Waals surface area contributed by atoms with Gasteiger partial charge in [-0.25, -0.2) is 4.79 Å². The minimum atomic E-state index is -0.269. The van der Waals surface area contributed by atoms with Gasteiger partial charge in [-0.3, -0.25) is 5.41 Å². The third kappa shape index (κ3) is 4.82. The van der Waals surface area contributed by atoms with Crippen molar-refractivity contribution in [2.24, 2.45) is 0 Å². The largest absolute Gasteiger partial charge is 0.450 e. The minimum absolute atomic E-state index is 0.